The van der Waals surface area contributed by atoms with Crippen molar-refractivity contribution in [2.24, 2.45) is 17.8 Å². The van der Waals surface area contributed by atoms with Gasteiger partial charge in [0.05, 0.1) is 17.7 Å². The zero-order valence-corrected chi connectivity index (χ0v) is 15.9. The van der Waals surface area contributed by atoms with Crippen molar-refractivity contribution in [2.75, 3.05) is 5.32 Å². The van der Waals surface area contributed by atoms with Gasteiger partial charge in [-0.25, -0.2) is 13.1 Å². The van der Waals surface area contributed by atoms with E-state index in [0.717, 1.165) is 5.92 Å². The molecule has 4 rings (SSSR count). The van der Waals surface area contributed by atoms with Gasteiger partial charge < -0.3 is 9.73 Å². The minimum Gasteiger partial charge on any atom is -0.468 e. The van der Waals surface area contributed by atoms with Gasteiger partial charge in [-0.2, -0.15) is 0 Å². The molecule has 0 spiro atoms. The SMILES string of the molecule is O=C(C[C@@H]1C[C@H]2CC[C@@H]1C2)Nc1ccc(S(=O)(=O)NCc2ccco2)cc1. The summed E-state index contributed by atoms with van der Waals surface area (Å²) in [6.45, 7) is 0.0946. The van der Waals surface area contributed by atoms with Crippen LogP contribution in [0.3, 0.4) is 0 Å². The van der Waals surface area contributed by atoms with Crippen molar-refractivity contribution in [3.63, 3.8) is 0 Å². The number of hydrogen-bond acceptors (Lipinski definition) is 4. The third-order valence-electron chi connectivity index (χ3n) is 5.80. The molecule has 144 valence electrons. The van der Waals surface area contributed by atoms with Gasteiger partial charge in [0.2, 0.25) is 15.9 Å². The van der Waals surface area contributed by atoms with E-state index in [-0.39, 0.29) is 17.3 Å². The van der Waals surface area contributed by atoms with Crippen LogP contribution < -0.4 is 10.0 Å². The number of carbonyl (C=O) groups is 1. The number of sulfonamides is 1. The molecule has 0 radical (unpaired) electrons. The molecule has 0 unspecified atom stereocenters. The van der Waals surface area contributed by atoms with Gasteiger partial charge in [0.15, 0.2) is 0 Å². The van der Waals surface area contributed by atoms with Gasteiger partial charge in [0, 0.05) is 12.1 Å². The molecule has 0 aliphatic heterocycles. The van der Waals surface area contributed by atoms with Crippen molar-refractivity contribution in [2.45, 2.75) is 43.5 Å². The fourth-order valence-corrected chi connectivity index (χ4v) is 5.45. The zero-order chi connectivity index (χ0) is 18.9. The Morgan fingerprint density at radius 1 is 1.11 bits per heavy atom. The standard InChI is InChI=1S/C20H24N2O4S/c23-20(12-16-11-14-3-4-15(16)10-14)22-17-5-7-19(8-6-17)27(24,25)21-13-18-2-1-9-26-18/h1-2,5-9,14-16,21H,3-4,10-13H2,(H,22,23)/t14-,15+,16-/m0/s1. The Morgan fingerprint density at radius 3 is 2.56 bits per heavy atom. The summed E-state index contributed by atoms with van der Waals surface area (Å²) >= 11 is 0. The molecule has 1 amide bonds. The lowest BCUT2D eigenvalue weighted by atomic mass is 9.86. The minimum atomic E-state index is -3.63. The van der Waals surface area contributed by atoms with E-state index in [1.165, 1.54) is 44.1 Å². The molecule has 2 fully saturated rings. The smallest absolute Gasteiger partial charge is 0.240 e. The second kappa shape index (κ2) is 7.48. The average molecular weight is 388 g/mol. The van der Waals surface area contributed by atoms with Crippen molar-refractivity contribution in [3.05, 3.63) is 48.4 Å². The summed E-state index contributed by atoms with van der Waals surface area (Å²) in [6, 6.07) is 9.66. The van der Waals surface area contributed by atoms with E-state index in [2.05, 4.69) is 10.0 Å². The van der Waals surface area contributed by atoms with Gasteiger partial charge in [-0.3, -0.25) is 4.79 Å². The Balaban J connectivity index is 1.32. The number of furan rings is 1. The monoisotopic (exact) mass is 388 g/mol. The third-order valence-corrected chi connectivity index (χ3v) is 7.21. The van der Waals surface area contributed by atoms with Crippen LogP contribution in [0.1, 0.15) is 37.9 Å². The maximum atomic E-state index is 12.3. The van der Waals surface area contributed by atoms with Crippen LogP contribution in [0.15, 0.2) is 52.0 Å². The number of carbonyl (C=O) groups excluding carboxylic acids is 1. The Kier molecular flexibility index (Phi) is 5.06. The first-order chi connectivity index (χ1) is 13.0. The van der Waals surface area contributed by atoms with Crippen LogP contribution in [0.2, 0.25) is 0 Å². The Hall–Kier alpha value is -2.12. The van der Waals surface area contributed by atoms with Crippen molar-refractivity contribution in [3.8, 4) is 0 Å². The van der Waals surface area contributed by atoms with E-state index < -0.39 is 10.0 Å². The first-order valence-corrected chi connectivity index (χ1v) is 10.9. The molecular formula is C20H24N2O4S. The molecule has 1 aromatic heterocycles. The highest BCUT2D eigenvalue weighted by atomic mass is 32.2. The lowest BCUT2D eigenvalue weighted by Crippen LogP contribution is -2.23. The molecule has 2 aromatic rings. The van der Waals surface area contributed by atoms with Gasteiger partial charge >= 0.3 is 0 Å². The summed E-state index contributed by atoms with van der Waals surface area (Å²) in [4.78, 5) is 12.5. The number of benzene rings is 1. The van der Waals surface area contributed by atoms with Crippen molar-refractivity contribution in [1.29, 1.82) is 0 Å². The molecule has 2 N–H and O–H groups in total. The molecule has 7 heteroatoms. The maximum absolute atomic E-state index is 12.3. The number of rotatable bonds is 7. The second-order valence-electron chi connectivity index (χ2n) is 7.62. The molecule has 6 nitrogen and oxygen atoms in total. The van der Waals surface area contributed by atoms with E-state index in [1.807, 2.05) is 0 Å². The van der Waals surface area contributed by atoms with E-state index in [4.69, 9.17) is 4.42 Å². The lowest BCUT2D eigenvalue weighted by Gasteiger charge is -2.20. The Bertz CT molecular complexity index is 891. The van der Waals surface area contributed by atoms with E-state index in [0.29, 0.717) is 29.7 Å². The summed E-state index contributed by atoms with van der Waals surface area (Å²) in [7, 11) is -3.63. The number of amides is 1. The number of anilines is 1. The van der Waals surface area contributed by atoms with Gasteiger partial charge in [0.25, 0.3) is 0 Å². The molecule has 2 saturated carbocycles. The van der Waals surface area contributed by atoms with Crippen molar-refractivity contribution >= 4 is 21.6 Å². The highest BCUT2D eigenvalue weighted by Gasteiger charge is 2.40. The molecule has 2 aliphatic carbocycles. The van der Waals surface area contributed by atoms with Crippen LogP contribution in [-0.4, -0.2) is 14.3 Å². The van der Waals surface area contributed by atoms with E-state index >= 15 is 0 Å². The third kappa shape index (κ3) is 4.25. The normalized spacial score (nSPS) is 24.2. The number of hydrogen-bond donors (Lipinski definition) is 2. The zero-order valence-electron chi connectivity index (χ0n) is 15.1. The predicted molar refractivity (Wildman–Crippen MR) is 101 cm³/mol. The minimum absolute atomic E-state index is 0.0131. The molecule has 1 aromatic carbocycles. The first-order valence-electron chi connectivity index (χ1n) is 9.41. The van der Waals surface area contributed by atoms with Gasteiger partial charge in [-0.15, -0.1) is 0 Å². The molecule has 27 heavy (non-hydrogen) atoms. The van der Waals surface area contributed by atoms with Crippen LogP contribution in [0.5, 0.6) is 0 Å². The largest absolute Gasteiger partial charge is 0.468 e. The van der Waals surface area contributed by atoms with Gasteiger partial charge in [-0.05, 0) is 73.4 Å². The quantitative estimate of drug-likeness (QED) is 0.759. The van der Waals surface area contributed by atoms with Crippen LogP contribution in [0.4, 0.5) is 5.69 Å². The van der Waals surface area contributed by atoms with Crippen LogP contribution >= 0.6 is 0 Å². The van der Waals surface area contributed by atoms with E-state index in [9.17, 15) is 13.2 Å². The molecule has 2 aliphatic rings. The summed E-state index contributed by atoms with van der Waals surface area (Å²) in [5.41, 5.74) is 0.619. The fraction of sp³-hybridized carbons (Fsp3) is 0.450. The molecule has 2 bridgehead atoms. The predicted octanol–water partition coefficient (Wildman–Crippen LogP) is 3.52. The summed E-state index contributed by atoms with van der Waals surface area (Å²) < 4.78 is 32.3. The summed E-state index contributed by atoms with van der Waals surface area (Å²) in [6.07, 6.45) is 7.11. The first kappa shape index (κ1) is 18.3. The summed E-state index contributed by atoms with van der Waals surface area (Å²) in [5, 5.41) is 2.89. The van der Waals surface area contributed by atoms with Crippen molar-refractivity contribution in [1.82, 2.24) is 4.72 Å². The van der Waals surface area contributed by atoms with Gasteiger partial charge in [-0.1, -0.05) is 6.42 Å². The molecule has 1 heterocycles. The number of nitrogens with one attached hydrogen (secondary N) is 2. The van der Waals surface area contributed by atoms with Crippen molar-refractivity contribution < 1.29 is 17.6 Å². The van der Waals surface area contributed by atoms with Gasteiger partial charge in [0.1, 0.15) is 5.76 Å². The fourth-order valence-electron chi connectivity index (χ4n) is 4.46. The topological polar surface area (TPSA) is 88.4 Å². The summed E-state index contributed by atoms with van der Waals surface area (Å²) in [5.74, 6) is 2.61. The van der Waals surface area contributed by atoms with E-state index in [1.54, 1.807) is 24.3 Å². The highest BCUT2D eigenvalue weighted by Crippen LogP contribution is 2.49. The maximum Gasteiger partial charge on any atom is 0.240 e. The molecule has 0 saturated heterocycles. The Morgan fingerprint density at radius 2 is 1.93 bits per heavy atom. The van der Waals surface area contributed by atoms with Crippen LogP contribution in [0, 0.1) is 17.8 Å². The molecular weight excluding hydrogens is 364 g/mol. The lowest BCUT2D eigenvalue weighted by molar-refractivity contribution is -0.117. The second-order valence-corrected chi connectivity index (χ2v) is 9.38. The average Bonchev–Trinajstić information content (AvgIpc) is 3.39. The van der Waals surface area contributed by atoms with Crippen LogP contribution in [-0.2, 0) is 21.4 Å². The number of fused-ring (bicyclic) bond motifs is 2. The van der Waals surface area contributed by atoms with Crippen LogP contribution in [0.25, 0.3) is 0 Å². The Labute approximate surface area is 159 Å². The molecule has 3 atom stereocenters. The highest BCUT2D eigenvalue weighted by molar-refractivity contribution is 7.89.